The highest BCUT2D eigenvalue weighted by atomic mass is 14.9. The molecular weight excluding hydrogens is 170 g/mol. The largest absolute Gasteiger partial charge is 0.314 e. The SMILES string of the molecule is CCC(C)NCCCC1CCCCC1. The number of hydrogen-bond donors (Lipinski definition) is 1. The van der Waals surface area contributed by atoms with Crippen molar-refractivity contribution in [2.75, 3.05) is 6.54 Å². The molecule has 1 fully saturated rings. The Kier molecular flexibility index (Phi) is 6.25. The molecule has 1 heteroatoms. The Morgan fingerprint density at radius 2 is 1.93 bits per heavy atom. The van der Waals surface area contributed by atoms with Gasteiger partial charge in [0.15, 0.2) is 0 Å². The quantitative estimate of drug-likeness (QED) is 0.640. The maximum absolute atomic E-state index is 3.57. The van der Waals surface area contributed by atoms with Crippen molar-refractivity contribution in [2.45, 2.75) is 71.3 Å². The summed E-state index contributed by atoms with van der Waals surface area (Å²) < 4.78 is 0. The summed E-state index contributed by atoms with van der Waals surface area (Å²) in [5.41, 5.74) is 0. The van der Waals surface area contributed by atoms with E-state index in [1.165, 1.54) is 57.9 Å². The van der Waals surface area contributed by atoms with Crippen molar-refractivity contribution in [3.05, 3.63) is 0 Å². The Morgan fingerprint density at radius 3 is 2.57 bits per heavy atom. The van der Waals surface area contributed by atoms with Crippen molar-refractivity contribution in [3.8, 4) is 0 Å². The van der Waals surface area contributed by atoms with E-state index in [0.717, 1.165) is 5.92 Å². The predicted octanol–water partition coefficient (Wildman–Crippen LogP) is 3.74. The number of nitrogens with one attached hydrogen (secondary N) is 1. The van der Waals surface area contributed by atoms with E-state index in [-0.39, 0.29) is 0 Å². The van der Waals surface area contributed by atoms with Gasteiger partial charge in [-0.15, -0.1) is 0 Å². The second-order valence-corrected chi connectivity index (χ2v) is 4.91. The van der Waals surface area contributed by atoms with Crippen molar-refractivity contribution in [1.29, 1.82) is 0 Å². The van der Waals surface area contributed by atoms with Crippen LogP contribution < -0.4 is 5.32 Å². The molecule has 14 heavy (non-hydrogen) atoms. The van der Waals surface area contributed by atoms with Gasteiger partial charge < -0.3 is 5.32 Å². The topological polar surface area (TPSA) is 12.0 Å². The van der Waals surface area contributed by atoms with E-state index in [2.05, 4.69) is 19.2 Å². The Balaban J connectivity index is 1.92. The van der Waals surface area contributed by atoms with Gasteiger partial charge in [0.05, 0.1) is 0 Å². The van der Waals surface area contributed by atoms with Crippen LogP contribution in [0.25, 0.3) is 0 Å². The van der Waals surface area contributed by atoms with Crippen LogP contribution in [0.15, 0.2) is 0 Å². The summed E-state index contributed by atoms with van der Waals surface area (Å²) in [6, 6.07) is 0.710. The molecule has 0 aliphatic heterocycles. The second kappa shape index (κ2) is 7.28. The minimum atomic E-state index is 0.710. The molecule has 1 rings (SSSR count). The van der Waals surface area contributed by atoms with Crippen LogP contribution in [-0.2, 0) is 0 Å². The van der Waals surface area contributed by atoms with E-state index in [1.54, 1.807) is 0 Å². The highest BCUT2D eigenvalue weighted by molar-refractivity contribution is 4.66. The molecule has 0 amide bonds. The van der Waals surface area contributed by atoms with E-state index >= 15 is 0 Å². The molecule has 0 heterocycles. The molecule has 0 saturated heterocycles. The summed E-state index contributed by atoms with van der Waals surface area (Å²) in [4.78, 5) is 0. The predicted molar refractivity (Wildman–Crippen MR) is 63.6 cm³/mol. The van der Waals surface area contributed by atoms with Gasteiger partial charge in [0.25, 0.3) is 0 Å². The molecule has 0 aromatic carbocycles. The molecule has 0 radical (unpaired) electrons. The smallest absolute Gasteiger partial charge is 0.00360 e. The normalized spacial score (nSPS) is 21.0. The zero-order valence-electron chi connectivity index (χ0n) is 10.0. The Morgan fingerprint density at radius 1 is 1.21 bits per heavy atom. The van der Waals surface area contributed by atoms with Crippen LogP contribution in [0, 0.1) is 5.92 Å². The Hall–Kier alpha value is -0.0400. The third-order valence-corrected chi connectivity index (χ3v) is 3.62. The fourth-order valence-corrected chi connectivity index (χ4v) is 2.36. The lowest BCUT2D eigenvalue weighted by Gasteiger charge is -2.21. The third-order valence-electron chi connectivity index (χ3n) is 3.62. The van der Waals surface area contributed by atoms with E-state index in [1.807, 2.05) is 0 Å². The molecule has 1 unspecified atom stereocenters. The molecule has 0 bridgehead atoms. The fourth-order valence-electron chi connectivity index (χ4n) is 2.36. The summed E-state index contributed by atoms with van der Waals surface area (Å²) in [5.74, 6) is 1.06. The van der Waals surface area contributed by atoms with Gasteiger partial charge in [0.2, 0.25) is 0 Å². The van der Waals surface area contributed by atoms with E-state index < -0.39 is 0 Å². The molecule has 1 aliphatic carbocycles. The molecule has 1 nitrogen and oxygen atoms in total. The van der Waals surface area contributed by atoms with Crippen molar-refractivity contribution in [2.24, 2.45) is 5.92 Å². The highest BCUT2D eigenvalue weighted by Crippen LogP contribution is 2.26. The van der Waals surface area contributed by atoms with Crippen molar-refractivity contribution >= 4 is 0 Å². The molecule has 0 aromatic heterocycles. The van der Waals surface area contributed by atoms with Crippen LogP contribution in [0.4, 0.5) is 0 Å². The first-order valence-corrected chi connectivity index (χ1v) is 6.56. The number of hydrogen-bond acceptors (Lipinski definition) is 1. The monoisotopic (exact) mass is 197 g/mol. The summed E-state index contributed by atoms with van der Waals surface area (Å²) in [5, 5.41) is 3.57. The van der Waals surface area contributed by atoms with Gasteiger partial charge in [-0.25, -0.2) is 0 Å². The summed E-state index contributed by atoms with van der Waals surface area (Å²) in [6.07, 6.45) is 11.6. The lowest BCUT2D eigenvalue weighted by atomic mass is 9.86. The van der Waals surface area contributed by atoms with E-state index in [4.69, 9.17) is 0 Å². The van der Waals surface area contributed by atoms with Gasteiger partial charge in [-0.2, -0.15) is 0 Å². The van der Waals surface area contributed by atoms with Crippen molar-refractivity contribution in [1.82, 2.24) is 5.32 Å². The van der Waals surface area contributed by atoms with Gasteiger partial charge in [0, 0.05) is 6.04 Å². The Labute approximate surface area is 89.7 Å². The lowest BCUT2D eigenvalue weighted by molar-refractivity contribution is 0.328. The van der Waals surface area contributed by atoms with Crippen LogP contribution >= 0.6 is 0 Å². The van der Waals surface area contributed by atoms with Gasteiger partial charge in [0.1, 0.15) is 0 Å². The first kappa shape index (κ1) is 12.0. The minimum Gasteiger partial charge on any atom is -0.314 e. The van der Waals surface area contributed by atoms with Gasteiger partial charge >= 0.3 is 0 Å². The van der Waals surface area contributed by atoms with Crippen LogP contribution in [0.5, 0.6) is 0 Å². The maximum atomic E-state index is 3.57. The highest BCUT2D eigenvalue weighted by Gasteiger charge is 2.12. The molecule has 1 saturated carbocycles. The summed E-state index contributed by atoms with van der Waals surface area (Å²) in [6.45, 7) is 5.75. The third kappa shape index (κ3) is 4.99. The molecule has 1 N–H and O–H groups in total. The van der Waals surface area contributed by atoms with Crippen LogP contribution in [0.2, 0.25) is 0 Å². The minimum absolute atomic E-state index is 0.710. The lowest BCUT2D eigenvalue weighted by Crippen LogP contribution is -2.26. The molecule has 84 valence electrons. The molecular formula is C13H27N. The van der Waals surface area contributed by atoms with E-state index in [0.29, 0.717) is 6.04 Å². The summed E-state index contributed by atoms with van der Waals surface area (Å²) in [7, 11) is 0. The summed E-state index contributed by atoms with van der Waals surface area (Å²) >= 11 is 0. The molecule has 1 atom stereocenters. The first-order chi connectivity index (χ1) is 6.83. The Bertz CT molecular complexity index is 127. The molecule has 0 aromatic rings. The molecule has 1 aliphatic rings. The van der Waals surface area contributed by atoms with E-state index in [9.17, 15) is 0 Å². The number of rotatable bonds is 6. The second-order valence-electron chi connectivity index (χ2n) is 4.91. The fraction of sp³-hybridized carbons (Fsp3) is 1.00. The van der Waals surface area contributed by atoms with Crippen molar-refractivity contribution < 1.29 is 0 Å². The zero-order valence-corrected chi connectivity index (χ0v) is 10.0. The molecule has 0 spiro atoms. The van der Waals surface area contributed by atoms with Crippen LogP contribution in [0.3, 0.4) is 0 Å². The average molecular weight is 197 g/mol. The van der Waals surface area contributed by atoms with Crippen molar-refractivity contribution in [3.63, 3.8) is 0 Å². The first-order valence-electron chi connectivity index (χ1n) is 6.56. The van der Waals surface area contributed by atoms with Crippen LogP contribution in [-0.4, -0.2) is 12.6 Å². The van der Waals surface area contributed by atoms with Gasteiger partial charge in [-0.3, -0.25) is 0 Å². The van der Waals surface area contributed by atoms with Gasteiger partial charge in [-0.1, -0.05) is 39.0 Å². The van der Waals surface area contributed by atoms with Gasteiger partial charge in [-0.05, 0) is 38.6 Å². The standard InChI is InChI=1S/C13H27N/c1-3-12(2)14-11-7-10-13-8-5-4-6-9-13/h12-14H,3-11H2,1-2H3. The van der Waals surface area contributed by atoms with Crippen LogP contribution in [0.1, 0.15) is 65.2 Å². The average Bonchev–Trinajstić information content (AvgIpc) is 2.25. The maximum Gasteiger partial charge on any atom is 0.00360 e. The zero-order chi connectivity index (χ0) is 10.2.